The summed E-state index contributed by atoms with van der Waals surface area (Å²) in [5, 5.41) is 12.1. The first-order valence-electron chi connectivity index (χ1n) is 4.74. The molecule has 0 spiro atoms. The molecule has 0 heterocycles. The van der Waals surface area contributed by atoms with Gasteiger partial charge >= 0.3 is 0 Å². The SMILES string of the molecule is CC(C)(CO)CNc1ccc(Br)c(F)c1. The molecule has 1 aromatic rings. The molecule has 2 N–H and O–H groups in total. The van der Waals surface area contributed by atoms with Gasteiger partial charge in [0, 0.05) is 24.3 Å². The Bertz CT molecular complexity index is 341. The molecule has 15 heavy (non-hydrogen) atoms. The largest absolute Gasteiger partial charge is 0.396 e. The van der Waals surface area contributed by atoms with Crippen LogP contribution in [0.1, 0.15) is 13.8 Å². The first kappa shape index (κ1) is 12.5. The maximum Gasteiger partial charge on any atom is 0.139 e. The summed E-state index contributed by atoms with van der Waals surface area (Å²) in [7, 11) is 0. The van der Waals surface area contributed by atoms with E-state index in [1.54, 1.807) is 12.1 Å². The van der Waals surface area contributed by atoms with E-state index in [2.05, 4.69) is 21.2 Å². The molecule has 0 amide bonds. The molecular weight excluding hydrogens is 261 g/mol. The quantitative estimate of drug-likeness (QED) is 0.886. The second-order valence-corrected chi connectivity index (χ2v) is 5.16. The van der Waals surface area contributed by atoms with Crippen LogP contribution < -0.4 is 5.32 Å². The van der Waals surface area contributed by atoms with Crippen molar-refractivity contribution < 1.29 is 9.50 Å². The number of hydrogen-bond donors (Lipinski definition) is 2. The van der Waals surface area contributed by atoms with Crippen molar-refractivity contribution in [2.45, 2.75) is 13.8 Å². The molecule has 2 nitrogen and oxygen atoms in total. The number of aliphatic hydroxyl groups excluding tert-OH is 1. The van der Waals surface area contributed by atoms with Crippen LogP contribution in [0.25, 0.3) is 0 Å². The average Bonchev–Trinajstić information content (AvgIpc) is 2.20. The van der Waals surface area contributed by atoms with Gasteiger partial charge < -0.3 is 10.4 Å². The lowest BCUT2D eigenvalue weighted by Gasteiger charge is -2.22. The van der Waals surface area contributed by atoms with E-state index in [1.807, 2.05) is 13.8 Å². The third-order valence-electron chi connectivity index (χ3n) is 2.12. The van der Waals surface area contributed by atoms with Crippen LogP contribution in [0, 0.1) is 11.2 Å². The molecule has 0 atom stereocenters. The van der Waals surface area contributed by atoms with Gasteiger partial charge in [0.15, 0.2) is 0 Å². The van der Waals surface area contributed by atoms with Gasteiger partial charge in [0.05, 0.1) is 4.47 Å². The van der Waals surface area contributed by atoms with Crippen LogP contribution in [-0.2, 0) is 0 Å². The monoisotopic (exact) mass is 275 g/mol. The highest BCUT2D eigenvalue weighted by molar-refractivity contribution is 9.10. The Balaban J connectivity index is 2.62. The number of benzene rings is 1. The molecule has 0 bridgehead atoms. The lowest BCUT2D eigenvalue weighted by molar-refractivity contribution is 0.171. The van der Waals surface area contributed by atoms with Crippen LogP contribution in [0.5, 0.6) is 0 Å². The van der Waals surface area contributed by atoms with Gasteiger partial charge in [-0.25, -0.2) is 4.39 Å². The van der Waals surface area contributed by atoms with Crippen molar-refractivity contribution in [3.8, 4) is 0 Å². The summed E-state index contributed by atoms with van der Waals surface area (Å²) in [6.07, 6.45) is 0. The summed E-state index contributed by atoms with van der Waals surface area (Å²) in [6.45, 7) is 4.58. The third kappa shape index (κ3) is 3.80. The van der Waals surface area contributed by atoms with E-state index in [0.29, 0.717) is 11.0 Å². The van der Waals surface area contributed by atoms with E-state index in [4.69, 9.17) is 5.11 Å². The Morgan fingerprint density at radius 3 is 2.67 bits per heavy atom. The molecule has 0 saturated carbocycles. The van der Waals surface area contributed by atoms with Crippen molar-refractivity contribution >= 4 is 21.6 Å². The van der Waals surface area contributed by atoms with Crippen LogP contribution in [0.15, 0.2) is 22.7 Å². The van der Waals surface area contributed by atoms with Crippen molar-refractivity contribution in [2.75, 3.05) is 18.5 Å². The fraction of sp³-hybridized carbons (Fsp3) is 0.455. The van der Waals surface area contributed by atoms with Crippen molar-refractivity contribution in [3.63, 3.8) is 0 Å². The maximum atomic E-state index is 13.1. The second-order valence-electron chi connectivity index (χ2n) is 4.30. The Kier molecular flexibility index (Phi) is 4.11. The van der Waals surface area contributed by atoms with E-state index in [9.17, 15) is 4.39 Å². The van der Waals surface area contributed by atoms with E-state index in [-0.39, 0.29) is 17.8 Å². The molecule has 4 heteroatoms. The minimum atomic E-state index is -0.290. The Hall–Kier alpha value is -0.610. The molecule has 0 aliphatic heterocycles. The third-order valence-corrected chi connectivity index (χ3v) is 2.76. The van der Waals surface area contributed by atoms with E-state index in [1.165, 1.54) is 6.07 Å². The number of hydrogen-bond acceptors (Lipinski definition) is 2. The normalized spacial score (nSPS) is 11.5. The van der Waals surface area contributed by atoms with Crippen LogP contribution in [-0.4, -0.2) is 18.3 Å². The number of rotatable bonds is 4. The number of halogens is 2. The molecule has 0 unspecified atom stereocenters. The molecule has 84 valence electrons. The van der Waals surface area contributed by atoms with E-state index < -0.39 is 0 Å². The van der Waals surface area contributed by atoms with Crippen LogP contribution in [0.4, 0.5) is 10.1 Å². The number of nitrogens with one attached hydrogen (secondary N) is 1. The van der Waals surface area contributed by atoms with Gasteiger partial charge in [-0.15, -0.1) is 0 Å². The van der Waals surface area contributed by atoms with Crippen molar-refractivity contribution in [3.05, 3.63) is 28.5 Å². The zero-order valence-electron chi connectivity index (χ0n) is 8.85. The zero-order valence-corrected chi connectivity index (χ0v) is 10.4. The first-order chi connectivity index (χ1) is 6.94. The fourth-order valence-corrected chi connectivity index (χ4v) is 1.25. The molecule has 0 aliphatic carbocycles. The molecule has 1 rings (SSSR count). The van der Waals surface area contributed by atoms with E-state index in [0.717, 1.165) is 5.69 Å². The van der Waals surface area contributed by atoms with Crippen LogP contribution >= 0.6 is 15.9 Å². The van der Waals surface area contributed by atoms with Crippen LogP contribution in [0.2, 0.25) is 0 Å². The molecule has 0 aliphatic rings. The molecule has 0 saturated heterocycles. The molecule has 0 fully saturated rings. The highest BCUT2D eigenvalue weighted by atomic mass is 79.9. The molecule has 0 radical (unpaired) electrons. The Morgan fingerprint density at radius 1 is 1.47 bits per heavy atom. The Labute approximate surface area is 97.6 Å². The van der Waals surface area contributed by atoms with Gasteiger partial charge in [-0.3, -0.25) is 0 Å². The summed E-state index contributed by atoms with van der Waals surface area (Å²) < 4.78 is 13.6. The van der Waals surface area contributed by atoms with Crippen molar-refractivity contribution in [1.29, 1.82) is 0 Å². The second kappa shape index (κ2) is 4.94. The number of aliphatic hydroxyl groups is 1. The smallest absolute Gasteiger partial charge is 0.139 e. The minimum Gasteiger partial charge on any atom is -0.396 e. The lowest BCUT2D eigenvalue weighted by atomic mass is 9.95. The van der Waals surface area contributed by atoms with Gasteiger partial charge in [-0.2, -0.15) is 0 Å². The number of anilines is 1. The van der Waals surface area contributed by atoms with Crippen molar-refractivity contribution in [1.82, 2.24) is 0 Å². The highest BCUT2D eigenvalue weighted by Crippen LogP contribution is 2.21. The van der Waals surface area contributed by atoms with Gasteiger partial charge in [-0.05, 0) is 34.1 Å². The van der Waals surface area contributed by atoms with Gasteiger partial charge in [0.1, 0.15) is 5.82 Å². The summed E-state index contributed by atoms with van der Waals surface area (Å²) in [5.41, 5.74) is 0.515. The van der Waals surface area contributed by atoms with Crippen LogP contribution in [0.3, 0.4) is 0 Å². The summed E-state index contributed by atoms with van der Waals surface area (Å²) in [5.74, 6) is -0.290. The molecular formula is C11H15BrFNO. The summed E-state index contributed by atoms with van der Waals surface area (Å²) in [6, 6.07) is 4.88. The van der Waals surface area contributed by atoms with Gasteiger partial charge in [-0.1, -0.05) is 13.8 Å². The summed E-state index contributed by atoms with van der Waals surface area (Å²) in [4.78, 5) is 0. The average molecular weight is 276 g/mol. The first-order valence-corrected chi connectivity index (χ1v) is 5.54. The fourth-order valence-electron chi connectivity index (χ4n) is 1.00. The highest BCUT2D eigenvalue weighted by Gasteiger charge is 2.15. The maximum absolute atomic E-state index is 13.1. The molecule has 1 aromatic carbocycles. The topological polar surface area (TPSA) is 32.3 Å². The zero-order chi connectivity index (χ0) is 11.5. The predicted octanol–water partition coefficient (Wildman–Crippen LogP) is 3.02. The minimum absolute atomic E-state index is 0.0962. The predicted molar refractivity (Wildman–Crippen MR) is 63.5 cm³/mol. The lowest BCUT2D eigenvalue weighted by Crippen LogP contribution is -2.26. The molecule has 0 aromatic heterocycles. The van der Waals surface area contributed by atoms with Gasteiger partial charge in [0.25, 0.3) is 0 Å². The Morgan fingerprint density at radius 2 is 2.13 bits per heavy atom. The summed E-state index contributed by atoms with van der Waals surface area (Å²) >= 11 is 3.09. The van der Waals surface area contributed by atoms with E-state index >= 15 is 0 Å². The van der Waals surface area contributed by atoms with Crippen molar-refractivity contribution in [2.24, 2.45) is 5.41 Å². The standard InChI is InChI=1S/C11H15BrFNO/c1-11(2,7-15)6-14-8-3-4-9(12)10(13)5-8/h3-5,14-15H,6-7H2,1-2H3. The van der Waals surface area contributed by atoms with Gasteiger partial charge in [0.2, 0.25) is 0 Å².